The predicted molar refractivity (Wildman–Crippen MR) is 97.0 cm³/mol. The van der Waals surface area contributed by atoms with Crippen LogP contribution in [0.2, 0.25) is 0 Å². The van der Waals surface area contributed by atoms with E-state index in [2.05, 4.69) is 10.1 Å². The largest absolute Gasteiger partial charge is 0.463 e. The van der Waals surface area contributed by atoms with Gasteiger partial charge >= 0.3 is 5.97 Å². The minimum absolute atomic E-state index is 0.0582. The van der Waals surface area contributed by atoms with Crippen molar-refractivity contribution in [3.8, 4) is 17.2 Å². The van der Waals surface area contributed by atoms with E-state index in [0.717, 1.165) is 0 Å². The van der Waals surface area contributed by atoms with Crippen LogP contribution in [-0.2, 0) is 0 Å². The summed E-state index contributed by atoms with van der Waals surface area (Å²) in [7, 11) is 0. The Labute approximate surface area is 154 Å². The summed E-state index contributed by atoms with van der Waals surface area (Å²) in [6.07, 6.45) is 3.13. The fourth-order valence-corrected chi connectivity index (χ4v) is 2.78. The van der Waals surface area contributed by atoms with Gasteiger partial charge in [0, 0.05) is 6.04 Å². The molecule has 0 radical (unpaired) electrons. The van der Waals surface area contributed by atoms with Crippen molar-refractivity contribution >= 4 is 17.0 Å². The van der Waals surface area contributed by atoms with E-state index in [-0.39, 0.29) is 11.8 Å². The second kappa shape index (κ2) is 6.68. The van der Waals surface area contributed by atoms with Crippen molar-refractivity contribution in [1.82, 2.24) is 14.8 Å². The van der Waals surface area contributed by atoms with Gasteiger partial charge in [0.1, 0.15) is 17.3 Å². The molecule has 4 aromatic rings. The van der Waals surface area contributed by atoms with Crippen LogP contribution in [0, 0.1) is 5.82 Å². The summed E-state index contributed by atoms with van der Waals surface area (Å²) in [4.78, 5) is 17.4. The molecule has 0 bridgehead atoms. The predicted octanol–water partition coefficient (Wildman–Crippen LogP) is 4.63. The van der Waals surface area contributed by atoms with E-state index in [1.807, 2.05) is 13.8 Å². The number of halogens is 1. The Morgan fingerprint density at radius 1 is 1.22 bits per heavy atom. The van der Waals surface area contributed by atoms with E-state index in [9.17, 15) is 9.18 Å². The number of furan rings is 1. The van der Waals surface area contributed by atoms with Gasteiger partial charge in [-0.1, -0.05) is 0 Å². The summed E-state index contributed by atoms with van der Waals surface area (Å²) in [5.41, 5.74) is 1.37. The highest BCUT2D eigenvalue weighted by Gasteiger charge is 2.20. The molecule has 7 heteroatoms. The fraction of sp³-hybridized carbons (Fsp3) is 0.150. The third-order valence-corrected chi connectivity index (χ3v) is 4.07. The Morgan fingerprint density at radius 3 is 2.67 bits per heavy atom. The lowest BCUT2D eigenvalue weighted by molar-refractivity contribution is 0.0736. The van der Waals surface area contributed by atoms with Crippen LogP contribution in [0.5, 0.6) is 5.75 Å². The van der Waals surface area contributed by atoms with Gasteiger partial charge in [-0.3, -0.25) is 0 Å². The molecule has 0 aliphatic carbocycles. The highest BCUT2D eigenvalue weighted by molar-refractivity contribution is 6.04. The van der Waals surface area contributed by atoms with E-state index >= 15 is 0 Å². The van der Waals surface area contributed by atoms with Gasteiger partial charge in [-0.05, 0) is 56.3 Å². The molecule has 0 N–H and O–H groups in total. The molecule has 4 rings (SSSR count). The van der Waals surface area contributed by atoms with Crippen molar-refractivity contribution in [1.29, 1.82) is 0 Å². The van der Waals surface area contributed by atoms with Crippen LogP contribution in [0.3, 0.4) is 0 Å². The highest BCUT2D eigenvalue weighted by atomic mass is 19.1. The van der Waals surface area contributed by atoms with Crippen LogP contribution in [0.4, 0.5) is 4.39 Å². The van der Waals surface area contributed by atoms with Gasteiger partial charge in [-0.2, -0.15) is 5.10 Å². The highest BCUT2D eigenvalue weighted by Crippen LogP contribution is 2.27. The van der Waals surface area contributed by atoms with Crippen LogP contribution in [0.15, 0.2) is 59.3 Å². The van der Waals surface area contributed by atoms with Gasteiger partial charge in [-0.15, -0.1) is 0 Å². The average Bonchev–Trinajstić information content (AvgIpc) is 3.32. The van der Waals surface area contributed by atoms with Crippen LogP contribution < -0.4 is 4.74 Å². The molecule has 0 unspecified atom stereocenters. The Bertz CT molecular complexity index is 1100. The lowest BCUT2D eigenvalue weighted by Crippen LogP contribution is -2.10. The van der Waals surface area contributed by atoms with Crippen LogP contribution in [-0.4, -0.2) is 20.7 Å². The number of fused-ring (bicyclic) bond motifs is 1. The second-order valence-corrected chi connectivity index (χ2v) is 6.30. The lowest BCUT2D eigenvalue weighted by Gasteiger charge is -2.10. The number of carbonyl (C=O) groups excluding carboxylic acids is 1. The summed E-state index contributed by atoms with van der Waals surface area (Å²) in [6.45, 7) is 3.95. The zero-order chi connectivity index (χ0) is 19.0. The number of hydrogen-bond donors (Lipinski definition) is 0. The first-order valence-corrected chi connectivity index (χ1v) is 8.43. The number of nitrogens with zero attached hydrogens (tertiary/aromatic N) is 3. The van der Waals surface area contributed by atoms with E-state index in [4.69, 9.17) is 9.15 Å². The summed E-state index contributed by atoms with van der Waals surface area (Å²) in [5.74, 6) is -0.198. The van der Waals surface area contributed by atoms with Crippen molar-refractivity contribution in [2.24, 2.45) is 0 Å². The number of pyridine rings is 1. The van der Waals surface area contributed by atoms with Crippen molar-refractivity contribution in [2.75, 3.05) is 0 Å². The number of benzene rings is 1. The minimum Gasteiger partial charge on any atom is -0.463 e. The van der Waals surface area contributed by atoms with Crippen molar-refractivity contribution < 1.29 is 18.3 Å². The van der Waals surface area contributed by atoms with Gasteiger partial charge in [0.15, 0.2) is 11.4 Å². The molecule has 0 aliphatic rings. The standard InChI is InChI=1S/C20H16FN3O3/c1-12(2)24-19-16(11-22-24)15(10-17(23-19)18-4-3-9-26-18)20(25)27-14-7-5-13(21)6-8-14/h3-12H,1-2H3. The maximum atomic E-state index is 13.1. The zero-order valence-corrected chi connectivity index (χ0v) is 14.7. The lowest BCUT2D eigenvalue weighted by atomic mass is 10.1. The fourth-order valence-electron chi connectivity index (χ4n) is 2.78. The maximum Gasteiger partial charge on any atom is 0.344 e. The molecule has 3 heterocycles. The van der Waals surface area contributed by atoms with Crippen molar-refractivity contribution in [3.05, 3.63) is 66.3 Å². The minimum atomic E-state index is -0.579. The monoisotopic (exact) mass is 365 g/mol. The molecular weight excluding hydrogens is 349 g/mol. The molecule has 6 nitrogen and oxygen atoms in total. The van der Waals surface area contributed by atoms with E-state index in [1.54, 1.807) is 29.1 Å². The molecule has 0 atom stereocenters. The van der Waals surface area contributed by atoms with Gasteiger partial charge in [0.05, 0.1) is 23.4 Å². The summed E-state index contributed by atoms with van der Waals surface area (Å²) in [6, 6.07) is 10.4. The Hall–Kier alpha value is -3.48. The SMILES string of the molecule is CC(C)n1ncc2c(C(=O)Oc3ccc(F)cc3)cc(-c3ccco3)nc21. The molecule has 0 saturated heterocycles. The second-order valence-electron chi connectivity index (χ2n) is 6.30. The maximum absolute atomic E-state index is 13.1. The molecule has 136 valence electrons. The first-order chi connectivity index (χ1) is 13.0. The molecule has 0 spiro atoms. The number of ether oxygens (including phenoxy) is 1. The van der Waals surface area contributed by atoms with Gasteiger partial charge < -0.3 is 9.15 Å². The van der Waals surface area contributed by atoms with E-state index in [0.29, 0.717) is 28.1 Å². The smallest absolute Gasteiger partial charge is 0.344 e. The molecule has 0 amide bonds. The molecule has 1 aromatic carbocycles. The molecular formula is C20H16FN3O3. The number of carbonyl (C=O) groups is 1. The summed E-state index contributed by atoms with van der Waals surface area (Å²) >= 11 is 0. The van der Waals surface area contributed by atoms with Crippen LogP contribution >= 0.6 is 0 Å². The van der Waals surface area contributed by atoms with E-state index in [1.165, 1.54) is 30.5 Å². The topological polar surface area (TPSA) is 70.2 Å². The Balaban J connectivity index is 1.82. The Kier molecular flexibility index (Phi) is 4.19. The number of aromatic nitrogens is 3. The first kappa shape index (κ1) is 17.0. The summed E-state index contributed by atoms with van der Waals surface area (Å²) < 4.78 is 25.6. The molecule has 0 aliphatic heterocycles. The van der Waals surface area contributed by atoms with Gasteiger partial charge in [0.2, 0.25) is 0 Å². The van der Waals surface area contributed by atoms with Crippen LogP contribution in [0.25, 0.3) is 22.5 Å². The van der Waals surface area contributed by atoms with Gasteiger partial charge in [0.25, 0.3) is 0 Å². The normalized spacial score (nSPS) is 11.3. The van der Waals surface area contributed by atoms with Gasteiger partial charge in [-0.25, -0.2) is 18.9 Å². The zero-order valence-electron chi connectivity index (χ0n) is 14.7. The molecule has 3 aromatic heterocycles. The molecule has 0 saturated carbocycles. The number of esters is 1. The third kappa shape index (κ3) is 3.19. The quantitative estimate of drug-likeness (QED) is 0.389. The Morgan fingerprint density at radius 2 is 2.00 bits per heavy atom. The molecule has 0 fully saturated rings. The number of rotatable bonds is 4. The average molecular weight is 365 g/mol. The van der Waals surface area contributed by atoms with E-state index < -0.39 is 11.8 Å². The van der Waals surface area contributed by atoms with Crippen molar-refractivity contribution in [2.45, 2.75) is 19.9 Å². The van der Waals surface area contributed by atoms with Crippen molar-refractivity contribution in [3.63, 3.8) is 0 Å². The number of hydrogen-bond acceptors (Lipinski definition) is 5. The molecule has 27 heavy (non-hydrogen) atoms. The first-order valence-electron chi connectivity index (χ1n) is 8.43. The third-order valence-electron chi connectivity index (χ3n) is 4.07. The summed E-state index contributed by atoms with van der Waals surface area (Å²) in [5, 5.41) is 4.92. The van der Waals surface area contributed by atoms with Crippen LogP contribution in [0.1, 0.15) is 30.2 Å².